The van der Waals surface area contributed by atoms with Crippen LogP contribution in [0.5, 0.6) is 0 Å². The van der Waals surface area contributed by atoms with Gasteiger partial charge in [0, 0.05) is 35.4 Å². The first-order chi connectivity index (χ1) is 14.7. The smallest absolute Gasteiger partial charge is 0.287 e. The summed E-state index contributed by atoms with van der Waals surface area (Å²) in [6.45, 7) is 0.473. The number of carbonyl (C=O) groups is 2. The Morgan fingerprint density at radius 3 is 2.60 bits per heavy atom. The summed E-state index contributed by atoms with van der Waals surface area (Å²) in [6, 6.07) is 16.2. The van der Waals surface area contributed by atoms with Crippen LogP contribution in [0.25, 0.3) is 11.0 Å². The summed E-state index contributed by atoms with van der Waals surface area (Å²) in [5.41, 5.74) is 4.34. The molecule has 0 saturated heterocycles. The van der Waals surface area contributed by atoms with E-state index in [9.17, 15) is 9.59 Å². The molecule has 0 aliphatic rings. The molecule has 158 valence electrons. The Bertz CT molecular complexity index is 974. The fraction of sp³-hybridized carbons (Fsp3) is 0.273. The normalized spacial score (nSPS) is 10.8. The van der Waals surface area contributed by atoms with Crippen LogP contribution in [0, 0.1) is 0 Å². The maximum atomic E-state index is 12.6. The van der Waals surface area contributed by atoms with Crippen molar-refractivity contribution in [3.8, 4) is 0 Å². The number of para-hydroxylation sites is 1. The van der Waals surface area contributed by atoms with Crippen LogP contribution in [-0.4, -0.2) is 42.4 Å². The molecule has 0 aliphatic carbocycles. The van der Waals surface area contributed by atoms with Gasteiger partial charge in [0.05, 0.1) is 6.61 Å². The van der Waals surface area contributed by atoms with E-state index in [1.165, 1.54) is 0 Å². The zero-order valence-corrected chi connectivity index (χ0v) is 17.2. The highest BCUT2D eigenvalue weighted by Crippen LogP contribution is 2.29. The number of furan rings is 1. The number of aliphatic hydroxyl groups excluding tert-OH is 1. The zero-order chi connectivity index (χ0) is 21.2. The Morgan fingerprint density at radius 1 is 1.03 bits per heavy atom. The Balaban J connectivity index is 1.52. The van der Waals surface area contributed by atoms with E-state index >= 15 is 0 Å². The number of carbonyl (C=O) groups excluding carboxylic acids is 2. The van der Waals surface area contributed by atoms with Crippen LogP contribution in [0.2, 0.25) is 0 Å². The molecule has 0 spiro atoms. The van der Waals surface area contributed by atoms with E-state index in [1.807, 2.05) is 30.3 Å². The summed E-state index contributed by atoms with van der Waals surface area (Å²) >= 11 is 1.64. The van der Waals surface area contributed by atoms with Gasteiger partial charge in [0.2, 0.25) is 0 Å². The van der Waals surface area contributed by atoms with Crippen LogP contribution in [0.3, 0.4) is 0 Å². The minimum absolute atomic E-state index is 0.116. The van der Waals surface area contributed by atoms with Gasteiger partial charge in [-0.05, 0) is 30.4 Å². The molecule has 30 heavy (non-hydrogen) atoms. The average molecular weight is 429 g/mol. The first kappa shape index (κ1) is 21.9. The number of hydrogen-bond donors (Lipinski definition) is 3. The molecule has 0 fully saturated rings. The Labute approximate surface area is 178 Å². The van der Waals surface area contributed by atoms with Gasteiger partial charge in [0.1, 0.15) is 5.58 Å². The molecule has 2 amide bonds. The predicted molar refractivity (Wildman–Crippen MR) is 116 cm³/mol. The van der Waals surface area contributed by atoms with Crippen LogP contribution in [0.1, 0.15) is 32.9 Å². The fourth-order valence-electron chi connectivity index (χ4n) is 2.83. The second kappa shape index (κ2) is 11.4. The maximum Gasteiger partial charge on any atom is 0.287 e. The lowest BCUT2D eigenvalue weighted by atomic mass is 10.1. The van der Waals surface area contributed by atoms with Crippen LogP contribution in [0.15, 0.2) is 59.0 Å². The average Bonchev–Trinajstić information content (AvgIpc) is 3.15. The second-order valence-electron chi connectivity index (χ2n) is 6.44. The van der Waals surface area contributed by atoms with Gasteiger partial charge in [0.25, 0.3) is 11.8 Å². The molecule has 3 aromatic rings. The quantitative estimate of drug-likeness (QED) is 0.320. The lowest BCUT2D eigenvalue weighted by Gasteiger charge is -2.07. The molecule has 0 radical (unpaired) electrons. The van der Waals surface area contributed by atoms with Crippen molar-refractivity contribution >= 4 is 34.5 Å². The molecule has 1 aromatic heterocycles. The van der Waals surface area contributed by atoms with Gasteiger partial charge in [-0.2, -0.15) is 11.8 Å². The number of rotatable bonds is 11. The summed E-state index contributed by atoms with van der Waals surface area (Å²) in [5.74, 6) is 1.01. The molecule has 3 rings (SSSR count). The van der Waals surface area contributed by atoms with E-state index in [0.717, 1.165) is 16.7 Å². The number of hydrogen-bond acceptors (Lipinski definition) is 6. The molecule has 0 atom stereocenters. The number of nitrogens with one attached hydrogen (secondary N) is 2. The monoisotopic (exact) mass is 428 g/mol. The molecule has 8 heteroatoms. The van der Waals surface area contributed by atoms with Gasteiger partial charge in [-0.1, -0.05) is 36.4 Å². The Hall–Kier alpha value is -2.81. The topological polar surface area (TPSA) is 101 Å². The third kappa shape index (κ3) is 5.85. The maximum absolute atomic E-state index is 12.6. The van der Waals surface area contributed by atoms with Crippen molar-refractivity contribution in [3.05, 3.63) is 71.5 Å². The molecular weight excluding hydrogens is 404 g/mol. The minimum Gasteiger partial charge on any atom is -0.451 e. The van der Waals surface area contributed by atoms with E-state index in [1.54, 1.807) is 36.0 Å². The summed E-state index contributed by atoms with van der Waals surface area (Å²) in [5, 5.41) is 12.6. The predicted octanol–water partition coefficient (Wildman–Crippen LogP) is 3.14. The van der Waals surface area contributed by atoms with E-state index in [-0.39, 0.29) is 37.3 Å². The molecule has 0 unspecified atom stereocenters. The molecule has 0 saturated carbocycles. The number of fused-ring (bicyclic) bond motifs is 1. The van der Waals surface area contributed by atoms with Crippen molar-refractivity contribution in [2.75, 3.05) is 25.5 Å². The van der Waals surface area contributed by atoms with Gasteiger partial charge in [0.15, 0.2) is 5.76 Å². The van der Waals surface area contributed by atoms with E-state index in [4.69, 9.17) is 14.4 Å². The molecule has 7 nitrogen and oxygen atoms in total. The van der Waals surface area contributed by atoms with Gasteiger partial charge in [-0.25, -0.2) is 5.48 Å². The first-order valence-electron chi connectivity index (χ1n) is 9.65. The number of aliphatic hydroxyl groups is 1. The highest BCUT2D eigenvalue weighted by molar-refractivity contribution is 7.98. The summed E-state index contributed by atoms with van der Waals surface area (Å²) in [6.07, 6.45) is 0.702. The van der Waals surface area contributed by atoms with Gasteiger partial charge < -0.3 is 14.8 Å². The van der Waals surface area contributed by atoms with Crippen LogP contribution in [0.4, 0.5) is 0 Å². The van der Waals surface area contributed by atoms with E-state index in [0.29, 0.717) is 23.3 Å². The van der Waals surface area contributed by atoms with Crippen molar-refractivity contribution < 1.29 is 24.0 Å². The molecular formula is C22H24N2O5S. The van der Waals surface area contributed by atoms with Crippen LogP contribution < -0.4 is 10.8 Å². The standard InChI is InChI=1S/C22H24N2O5S/c25-12-6-14-30-15-18-17-9-4-5-10-19(17)29-20(18)22(27)23-11-13-28-24-21(26)16-7-2-1-3-8-16/h1-5,7-10,25H,6,11-15H2,(H,23,27)(H,24,26). The third-order valence-corrected chi connectivity index (χ3v) is 5.36. The number of amides is 2. The SMILES string of the molecule is O=C(NOCCNC(=O)c1oc2ccccc2c1CSCCCO)c1ccccc1. The van der Waals surface area contributed by atoms with E-state index < -0.39 is 0 Å². The molecule has 2 aromatic carbocycles. The molecule has 1 heterocycles. The van der Waals surface area contributed by atoms with Crippen molar-refractivity contribution in [1.29, 1.82) is 0 Å². The Morgan fingerprint density at radius 2 is 1.80 bits per heavy atom. The highest BCUT2D eigenvalue weighted by Gasteiger charge is 2.20. The lowest BCUT2D eigenvalue weighted by Crippen LogP contribution is -2.31. The van der Waals surface area contributed by atoms with Gasteiger partial charge in [-0.3, -0.25) is 14.4 Å². The summed E-state index contributed by atoms with van der Waals surface area (Å²) in [7, 11) is 0. The van der Waals surface area contributed by atoms with E-state index in [2.05, 4.69) is 10.8 Å². The summed E-state index contributed by atoms with van der Waals surface area (Å²) < 4.78 is 5.79. The first-order valence-corrected chi connectivity index (χ1v) is 10.8. The lowest BCUT2D eigenvalue weighted by molar-refractivity contribution is 0.0322. The van der Waals surface area contributed by atoms with Crippen molar-refractivity contribution in [3.63, 3.8) is 0 Å². The van der Waals surface area contributed by atoms with Gasteiger partial charge >= 0.3 is 0 Å². The van der Waals surface area contributed by atoms with Gasteiger partial charge in [-0.15, -0.1) is 0 Å². The highest BCUT2D eigenvalue weighted by atomic mass is 32.2. The Kier molecular flexibility index (Phi) is 8.31. The minimum atomic E-state index is -0.346. The fourth-order valence-corrected chi connectivity index (χ4v) is 3.80. The largest absolute Gasteiger partial charge is 0.451 e. The zero-order valence-electron chi connectivity index (χ0n) is 16.4. The summed E-state index contributed by atoms with van der Waals surface area (Å²) in [4.78, 5) is 29.7. The van der Waals surface area contributed by atoms with Crippen LogP contribution >= 0.6 is 11.8 Å². The number of thioether (sulfide) groups is 1. The molecule has 0 aliphatic heterocycles. The second-order valence-corrected chi connectivity index (χ2v) is 7.54. The third-order valence-electron chi connectivity index (χ3n) is 4.29. The van der Waals surface area contributed by atoms with Crippen LogP contribution in [-0.2, 0) is 10.6 Å². The number of benzene rings is 2. The molecule has 3 N–H and O–H groups in total. The van der Waals surface area contributed by atoms with Crippen molar-refractivity contribution in [1.82, 2.24) is 10.8 Å². The van der Waals surface area contributed by atoms with Crippen molar-refractivity contribution in [2.24, 2.45) is 0 Å². The molecule has 0 bridgehead atoms. The van der Waals surface area contributed by atoms with Crippen molar-refractivity contribution in [2.45, 2.75) is 12.2 Å². The number of hydroxylamine groups is 1.